The van der Waals surface area contributed by atoms with Gasteiger partial charge < -0.3 is 26.1 Å². The second-order valence-corrected chi connectivity index (χ2v) is 6.50. The Hall–Kier alpha value is -4.33. The highest BCUT2D eigenvalue weighted by atomic mass is 16.5. The Labute approximate surface area is 172 Å². The average molecular weight is 401 g/mol. The second-order valence-electron chi connectivity index (χ2n) is 6.50. The van der Waals surface area contributed by atoms with Crippen LogP contribution in [0, 0.1) is 0 Å². The Morgan fingerprint density at radius 3 is 2.50 bits per heavy atom. The van der Waals surface area contributed by atoms with E-state index in [2.05, 4.69) is 20.6 Å². The Balaban J connectivity index is 1.57. The fraction of sp³-hybridized carbons (Fsp3) is 0.0455. The Morgan fingerprint density at radius 2 is 1.77 bits per heavy atom. The number of carbonyl (C=O) groups excluding carboxylic acids is 2. The van der Waals surface area contributed by atoms with Gasteiger partial charge in [-0.05, 0) is 42.0 Å². The number of hydrogen-bond donors (Lipinski definition) is 4. The molecule has 0 bridgehead atoms. The molecule has 4 rings (SSSR count). The Kier molecular flexibility index (Phi) is 5.04. The summed E-state index contributed by atoms with van der Waals surface area (Å²) in [5.41, 5.74) is 9.73. The SMILES string of the molecule is COc1ccccc1NC(=O)Nc1ccc(-c2c(C(N)=O)[nH]c3cccnc23)cc1. The molecule has 2 heterocycles. The topological polar surface area (TPSA) is 122 Å². The molecule has 30 heavy (non-hydrogen) atoms. The number of aromatic nitrogens is 2. The molecule has 8 heteroatoms. The molecule has 2 aromatic heterocycles. The van der Waals surface area contributed by atoms with Gasteiger partial charge in [0.25, 0.3) is 5.91 Å². The minimum Gasteiger partial charge on any atom is -0.495 e. The first-order chi connectivity index (χ1) is 14.6. The first kappa shape index (κ1) is 19.0. The predicted octanol–water partition coefficient (Wildman–Crippen LogP) is 3.98. The number of amides is 3. The van der Waals surface area contributed by atoms with Crippen LogP contribution in [0.2, 0.25) is 0 Å². The molecule has 5 N–H and O–H groups in total. The number of anilines is 2. The summed E-state index contributed by atoms with van der Waals surface area (Å²) in [7, 11) is 1.54. The van der Waals surface area contributed by atoms with E-state index in [1.165, 1.54) is 7.11 Å². The summed E-state index contributed by atoms with van der Waals surface area (Å²) >= 11 is 0. The van der Waals surface area contributed by atoms with Gasteiger partial charge in [0, 0.05) is 17.4 Å². The lowest BCUT2D eigenvalue weighted by atomic mass is 10.0. The zero-order chi connectivity index (χ0) is 21.1. The van der Waals surface area contributed by atoms with Crippen LogP contribution in [-0.4, -0.2) is 29.0 Å². The molecule has 8 nitrogen and oxygen atoms in total. The van der Waals surface area contributed by atoms with Crippen molar-refractivity contribution in [1.82, 2.24) is 9.97 Å². The highest BCUT2D eigenvalue weighted by Crippen LogP contribution is 2.31. The van der Waals surface area contributed by atoms with Crippen LogP contribution in [0.15, 0.2) is 66.9 Å². The van der Waals surface area contributed by atoms with Crippen LogP contribution in [0.4, 0.5) is 16.2 Å². The van der Waals surface area contributed by atoms with Gasteiger partial charge in [-0.1, -0.05) is 24.3 Å². The van der Waals surface area contributed by atoms with Gasteiger partial charge in [0.15, 0.2) is 0 Å². The molecule has 0 fully saturated rings. The van der Waals surface area contributed by atoms with Gasteiger partial charge in [-0.15, -0.1) is 0 Å². The number of rotatable bonds is 5. The molecule has 2 aromatic carbocycles. The van der Waals surface area contributed by atoms with Crippen molar-refractivity contribution in [2.75, 3.05) is 17.7 Å². The fourth-order valence-corrected chi connectivity index (χ4v) is 3.24. The van der Waals surface area contributed by atoms with E-state index in [9.17, 15) is 9.59 Å². The van der Waals surface area contributed by atoms with E-state index in [1.54, 1.807) is 54.7 Å². The van der Waals surface area contributed by atoms with Gasteiger partial charge in [0.2, 0.25) is 0 Å². The summed E-state index contributed by atoms with van der Waals surface area (Å²) < 4.78 is 5.23. The van der Waals surface area contributed by atoms with E-state index >= 15 is 0 Å². The van der Waals surface area contributed by atoms with Crippen LogP contribution in [-0.2, 0) is 0 Å². The van der Waals surface area contributed by atoms with Crippen molar-refractivity contribution in [2.45, 2.75) is 0 Å². The predicted molar refractivity (Wildman–Crippen MR) is 116 cm³/mol. The second kappa shape index (κ2) is 7.96. The molecule has 0 spiro atoms. The standard InChI is InChI=1S/C22H19N5O3/c1-30-17-7-3-2-5-15(17)27-22(29)25-14-10-8-13(9-11-14)18-19-16(6-4-12-24-19)26-20(18)21(23)28/h2-12,26H,1H3,(H2,23,28)(H2,25,27,29). The lowest BCUT2D eigenvalue weighted by molar-refractivity contribution is 0.0997. The number of nitrogens with zero attached hydrogens (tertiary/aromatic N) is 1. The summed E-state index contributed by atoms with van der Waals surface area (Å²) in [6.07, 6.45) is 1.66. The normalized spacial score (nSPS) is 10.6. The van der Waals surface area contributed by atoms with Crippen molar-refractivity contribution in [1.29, 1.82) is 0 Å². The lowest BCUT2D eigenvalue weighted by Gasteiger charge is -2.11. The number of carbonyl (C=O) groups is 2. The summed E-state index contributed by atoms with van der Waals surface area (Å²) in [6.45, 7) is 0. The van der Waals surface area contributed by atoms with Crippen molar-refractivity contribution >= 4 is 34.3 Å². The smallest absolute Gasteiger partial charge is 0.323 e. The number of H-pyrrole nitrogens is 1. The third-order valence-electron chi connectivity index (χ3n) is 4.59. The molecule has 0 atom stereocenters. The van der Waals surface area contributed by atoms with E-state index < -0.39 is 11.9 Å². The molecular weight excluding hydrogens is 382 g/mol. The number of para-hydroxylation sites is 2. The Morgan fingerprint density at radius 1 is 1.00 bits per heavy atom. The van der Waals surface area contributed by atoms with Crippen LogP contribution in [0.3, 0.4) is 0 Å². The van der Waals surface area contributed by atoms with Gasteiger partial charge in [-0.2, -0.15) is 0 Å². The number of primary amides is 1. The number of pyridine rings is 1. The highest BCUT2D eigenvalue weighted by molar-refractivity contribution is 6.08. The average Bonchev–Trinajstić information content (AvgIpc) is 3.15. The summed E-state index contributed by atoms with van der Waals surface area (Å²) in [5.74, 6) is -0.00444. The van der Waals surface area contributed by atoms with Crippen molar-refractivity contribution in [3.63, 3.8) is 0 Å². The first-order valence-corrected chi connectivity index (χ1v) is 9.15. The number of urea groups is 1. The van der Waals surface area contributed by atoms with Gasteiger partial charge in [-0.25, -0.2) is 4.79 Å². The third-order valence-corrected chi connectivity index (χ3v) is 4.59. The molecule has 0 saturated heterocycles. The molecule has 150 valence electrons. The maximum absolute atomic E-state index is 12.3. The van der Waals surface area contributed by atoms with Crippen molar-refractivity contribution in [2.24, 2.45) is 5.73 Å². The van der Waals surface area contributed by atoms with Crippen LogP contribution in [0.25, 0.3) is 22.2 Å². The number of nitrogens with two attached hydrogens (primary N) is 1. The molecule has 0 saturated carbocycles. The van der Waals surface area contributed by atoms with Crippen molar-refractivity contribution < 1.29 is 14.3 Å². The largest absolute Gasteiger partial charge is 0.495 e. The number of methoxy groups -OCH3 is 1. The summed E-state index contributed by atoms with van der Waals surface area (Å²) in [5, 5.41) is 5.52. The number of nitrogens with one attached hydrogen (secondary N) is 3. The zero-order valence-corrected chi connectivity index (χ0v) is 16.1. The van der Waals surface area contributed by atoms with E-state index in [-0.39, 0.29) is 0 Å². The maximum Gasteiger partial charge on any atom is 0.323 e. The molecular formula is C22H19N5O3. The van der Waals surface area contributed by atoms with Gasteiger partial charge >= 0.3 is 6.03 Å². The highest BCUT2D eigenvalue weighted by Gasteiger charge is 2.18. The number of hydrogen-bond acceptors (Lipinski definition) is 4. The summed E-state index contributed by atoms with van der Waals surface area (Å²) in [6, 6.07) is 17.4. The minimum atomic E-state index is -0.568. The number of fused-ring (bicyclic) bond motifs is 1. The minimum absolute atomic E-state index is 0.290. The zero-order valence-electron chi connectivity index (χ0n) is 16.1. The molecule has 0 aliphatic rings. The maximum atomic E-state index is 12.3. The molecule has 0 aliphatic heterocycles. The van der Waals surface area contributed by atoms with Gasteiger partial charge in [0.1, 0.15) is 11.4 Å². The fourth-order valence-electron chi connectivity index (χ4n) is 3.24. The third kappa shape index (κ3) is 3.66. The van der Waals surface area contributed by atoms with Crippen molar-refractivity contribution in [3.05, 3.63) is 72.6 Å². The van der Waals surface area contributed by atoms with E-state index in [4.69, 9.17) is 10.5 Å². The van der Waals surface area contributed by atoms with Gasteiger partial charge in [-0.3, -0.25) is 9.78 Å². The lowest BCUT2D eigenvalue weighted by Crippen LogP contribution is -2.19. The molecule has 0 unspecified atom stereocenters. The van der Waals surface area contributed by atoms with Crippen LogP contribution in [0.5, 0.6) is 5.75 Å². The first-order valence-electron chi connectivity index (χ1n) is 9.15. The molecule has 0 radical (unpaired) electrons. The molecule has 4 aromatic rings. The van der Waals surface area contributed by atoms with E-state index in [1.807, 2.05) is 12.1 Å². The summed E-state index contributed by atoms with van der Waals surface area (Å²) in [4.78, 5) is 31.6. The van der Waals surface area contributed by atoms with Crippen LogP contribution in [0.1, 0.15) is 10.5 Å². The van der Waals surface area contributed by atoms with E-state index in [0.29, 0.717) is 33.9 Å². The Bertz CT molecular complexity index is 1230. The van der Waals surface area contributed by atoms with Crippen LogP contribution < -0.4 is 21.1 Å². The van der Waals surface area contributed by atoms with Crippen molar-refractivity contribution in [3.8, 4) is 16.9 Å². The van der Waals surface area contributed by atoms with E-state index in [0.717, 1.165) is 11.1 Å². The molecule has 3 amide bonds. The monoisotopic (exact) mass is 401 g/mol. The number of ether oxygens (including phenoxy) is 1. The van der Waals surface area contributed by atoms with Crippen LogP contribution >= 0.6 is 0 Å². The molecule has 0 aliphatic carbocycles. The van der Waals surface area contributed by atoms with Gasteiger partial charge in [0.05, 0.1) is 23.8 Å². The number of aromatic amines is 1. The quantitative estimate of drug-likeness (QED) is 0.404. The number of benzene rings is 2.